The summed E-state index contributed by atoms with van der Waals surface area (Å²) in [5, 5.41) is 0.653. The van der Waals surface area contributed by atoms with Crippen LogP contribution in [0.25, 0.3) is 16.3 Å². The number of rotatable bonds is 1. The van der Waals surface area contributed by atoms with Crippen LogP contribution in [0.4, 0.5) is 18.9 Å². The average molecular weight is 273 g/mol. The van der Waals surface area contributed by atoms with Gasteiger partial charge in [-0.2, -0.15) is 13.2 Å². The highest BCUT2D eigenvalue weighted by atomic mass is 35.5. The van der Waals surface area contributed by atoms with Gasteiger partial charge in [0.15, 0.2) is 0 Å². The first kappa shape index (κ1) is 12.7. The summed E-state index contributed by atoms with van der Waals surface area (Å²) >= 11 is 5.71. The Morgan fingerprint density at radius 3 is 2.56 bits per heavy atom. The van der Waals surface area contributed by atoms with Crippen molar-refractivity contribution in [2.75, 3.05) is 5.73 Å². The minimum Gasteiger partial charge on any atom is -0.398 e. The topological polar surface area (TPSA) is 38.9 Å². The van der Waals surface area contributed by atoms with E-state index in [1.165, 1.54) is 12.1 Å². The van der Waals surface area contributed by atoms with Gasteiger partial charge >= 0.3 is 6.18 Å². The highest BCUT2D eigenvalue weighted by molar-refractivity contribution is 6.30. The van der Waals surface area contributed by atoms with Crippen LogP contribution in [0.5, 0.6) is 0 Å². The molecule has 0 spiro atoms. The lowest BCUT2D eigenvalue weighted by atomic mass is 10.0. The minimum atomic E-state index is -4.56. The Morgan fingerprint density at radius 2 is 1.94 bits per heavy atom. The second kappa shape index (κ2) is 4.17. The molecule has 1 aromatic carbocycles. The number of nitrogens with two attached hydrogens (primary N) is 1. The standard InChI is InChI=1S/C12H8ClF3N2/c1-6(12(14,15)16)11-7-3-2-4-9(17)8(7)5-10(13)18-11/h2-5H,1,17H2. The third-order valence-corrected chi connectivity index (χ3v) is 2.70. The van der Waals surface area contributed by atoms with Crippen LogP contribution in [0.15, 0.2) is 30.8 Å². The molecular weight excluding hydrogens is 265 g/mol. The molecule has 0 atom stereocenters. The summed E-state index contributed by atoms with van der Waals surface area (Å²) in [6.07, 6.45) is -4.56. The fourth-order valence-electron chi connectivity index (χ4n) is 1.63. The van der Waals surface area contributed by atoms with Gasteiger partial charge in [0, 0.05) is 16.5 Å². The number of halogens is 4. The molecule has 0 saturated heterocycles. The molecule has 0 bridgehead atoms. The van der Waals surface area contributed by atoms with Crippen molar-refractivity contribution < 1.29 is 13.2 Å². The first-order chi connectivity index (χ1) is 8.30. The molecule has 2 nitrogen and oxygen atoms in total. The van der Waals surface area contributed by atoms with Crippen LogP contribution in [0.2, 0.25) is 5.15 Å². The van der Waals surface area contributed by atoms with Gasteiger partial charge < -0.3 is 5.73 Å². The minimum absolute atomic E-state index is 0.0548. The molecule has 1 heterocycles. The number of fused-ring (bicyclic) bond motifs is 1. The summed E-state index contributed by atoms with van der Waals surface area (Å²) in [7, 11) is 0. The maximum atomic E-state index is 12.7. The van der Waals surface area contributed by atoms with Crippen LogP contribution in [-0.4, -0.2) is 11.2 Å². The summed E-state index contributed by atoms with van der Waals surface area (Å²) in [4.78, 5) is 3.70. The van der Waals surface area contributed by atoms with Crippen molar-refractivity contribution in [2.24, 2.45) is 0 Å². The lowest BCUT2D eigenvalue weighted by Gasteiger charge is -2.13. The van der Waals surface area contributed by atoms with Gasteiger partial charge in [-0.15, -0.1) is 0 Å². The molecule has 0 aliphatic rings. The number of hydrogen-bond acceptors (Lipinski definition) is 2. The molecule has 18 heavy (non-hydrogen) atoms. The molecule has 0 fully saturated rings. The van der Waals surface area contributed by atoms with Crippen LogP contribution in [-0.2, 0) is 0 Å². The number of alkyl halides is 3. The van der Waals surface area contributed by atoms with Crippen molar-refractivity contribution in [3.05, 3.63) is 41.7 Å². The summed E-state index contributed by atoms with van der Waals surface area (Å²) in [5.41, 5.74) is 4.71. The third kappa shape index (κ3) is 2.13. The maximum Gasteiger partial charge on any atom is 0.417 e. The molecule has 0 aliphatic heterocycles. The van der Waals surface area contributed by atoms with Crippen LogP contribution < -0.4 is 5.73 Å². The second-order valence-corrected chi connectivity index (χ2v) is 4.10. The number of nitrogens with zero attached hydrogens (tertiary/aromatic N) is 1. The number of aromatic nitrogens is 1. The highest BCUT2D eigenvalue weighted by Crippen LogP contribution is 2.36. The van der Waals surface area contributed by atoms with E-state index < -0.39 is 11.7 Å². The second-order valence-electron chi connectivity index (χ2n) is 3.71. The van der Waals surface area contributed by atoms with Gasteiger partial charge in [0.2, 0.25) is 0 Å². The molecule has 94 valence electrons. The molecule has 1 aromatic heterocycles. The van der Waals surface area contributed by atoms with Crippen LogP contribution >= 0.6 is 11.6 Å². The zero-order valence-electron chi connectivity index (χ0n) is 9.05. The summed E-state index contributed by atoms with van der Waals surface area (Å²) in [5.74, 6) is 0. The van der Waals surface area contributed by atoms with E-state index in [2.05, 4.69) is 11.6 Å². The Balaban J connectivity index is 2.79. The summed E-state index contributed by atoms with van der Waals surface area (Å²) in [6, 6.07) is 6.07. The molecule has 0 amide bonds. The Kier molecular flexibility index (Phi) is 2.94. The van der Waals surface area contributed by atoms with Gasteiger partial charge in [-0.1, -0.05) is 30.3 Å². The van der Waals surface area contributed by atoms with E-state index in [1.54, 1.807) is 12.1 Å². The van der Waals surface area contributed by atoms with Crippen molar-refractivity contribution in [3.8, 4) is 0 Å². The van der Waals surface area contributed by atoms with Crippen LogP contribution in [0.3, 0.4) is 0 Å². The van der Waals surface area contributed by atoms with Crippen LogP contribution in [0, 0.1) is 0 Å². The van der Waals surface area contributed by atoms with Gasteiger partial charge in [0.05, 0.1) is 11.3 Å². The highest BCUT2D eigenvalue weighted by Gasteiger charge is 2.35. The van der Waals surface area contributed by atoms with Crippen molar-refractivity contribution in [1.29, 1.82) is 0 Å². The van der Waals surface area contributed by atoms with E-state index in [0.717, 1.165) is 0 Å². The number of nitrogen functional groups attached to an aromatic ring is 1. The first-order valence-electron chi connectivity index (χ1n) is 4.92. The molecule has 2 N–H and O–H groups in total. The van der Waals surface area contributed by atoms with E-state index >= 15 is 0 Å². The van der Waals surface area contributed by atoms with E-state index in [4.69, 9.17) is 17.3 Å². The number of allylic oxidation sites excluding steroid dienone is 1. The molecule has 2 rings (SSSR count). The fourth-order valence-corrected chi connectivity index (χ4v) is 1.83. The van der Waals surface area contributed by atoms with Crippen molar-refractivity contribution >= 4 is 33.6 Å². The molecule has 6 heteroatoms. The lowest BCUT2D eigenvalue weighted by Crippen LogP contribution is -2.11. The van der Waals surface area contributed by atoms with Crippen LogP contribution in [0.1, 0.15) is 5.69 Å². The third-order valence-electron chi connectivity index (χ3n) is 2.51. The molecule has 2 aromatic rings. The zero-order valence-corrected chi connectivity index (χ0v) is 9.81. The van der Waals surface area contributed by atoms with Gasteiger partial charge in [0.1, 0.15) is 5.15 Å². The Hall–Kier alpha value is -1.75. The average Bonchev–Trinajstić information content (AvgIpc) is 2.27. The van der Waals surface area contributed by atoms with Crippen molar-refractivity contribution in [3.63, 3.8) is 0 Å². The Morgan fingerprint density at radius 1 is 1.28 bits per heavy atom. The normalized spacial score (nSPS) is 11.8. The molecule has 0 saturated carbocycles. The molecular formula is C12H8ClF3N2. The number of anilines is 1. The molecule has 0 radical (unpaired) electrons. The molecule has 0 unspecified atom stereocenters. The van der Waals surface area contributed by atoms with Gasteiger partial charge in [0.25, 0.3) is 0 Å². The van der Waals surface area contributed by atoms with E-state index in [9.17, 15) is 13.2 Å². The Bertz CT molecular complexity index is 635. The largest absolute Gasteiger partial charge is 0.417 e. The zero-order chi connectivity index (χ0) is 13.5. The quantitative estimate of drug-likeness (QED) is 0.628. The lowest BCUT2D eigenvalue weighted by molar-refractivity contribution is -0.0688. The number of pyridine rings is 1. The predicted molar refractivity (Wildman–Crippen MR) is 66.3 cm³/mol. The van der Waals surface area contributed by atoms with Gasteiger partial charge in [-0.05, 0) is 12.1 Å². The monoisotopic (exact) mass is 272 g/mol. The van der Waals surface area contributed by atoms with Crippen molar-refractivity contribution in [2.45, 2.75) is 6.18 Å². The van der Waals surface area contributed by atoms with E-state index in [0.29, 0.717) is 11.1 Å². The van der Waals surface area contributed by atoms with Crippen molar-refractivity contribution in [1.82, 2.24) is 4.98 Å². The smallest absolute Gasteiger partial charge is 0.398 e. The summed E-state index contributed by atoms with van der Waals surface area (Å²) < 4.78 is 38.0. The number of hydrogen-bond donors (Lipinski definition) is 1. The van der Waals surface area contributed by atoms with Gasteiger partial charge in [-0.3, -0.25) is 0 Å². The number of benzene rings is 1. The summed E-state index contributed by atoms with van der Waals surface area (Å²) in [6.45, 7) is 3.03. The Labute approximate surface area is 106 Å². The first-order valence-corrected chi connectivity index (χ1v) is 5.29. The van der Waals surface area contributed by atoms with Gasteiger partial charge in [-0.25, -0.2) is 4.98 Å². The maximum absolute atomic E-state index is 12.7. The fraction of sp³-hybridized carbons (Fsp3) is 0.0833. The predicted octanol–water partition coefficient (Wildman–Crippen LogP) is 4.05. The molecule has 0 aliphatic carbocycles. The van der Waals surface area contributed by atoms with E-state index in [-0.39, 0.29) is 16.2 Å². The van der Waals surface area contributed by atoms with E-state index in [1.807, 2.05) is 0 Å². The SMILES string of the molecule is C=C(c1nc(Cl)cc2c(N)cccc12)C(F)(F)F.